The van der Waals surface area contributed by atoms with Crippen LogP contribution in [0.25, 0.3) is 0 Å². The number of benzene rings is 1. The summed E-state index contributed by atoms with van der Waals surface area (Å²) in [5.74, 6) is -0.388. The molecule has 0 aliphatic heterocycles. The van der Waals surface area contributed by atoms with Crippen LogP contribution in [0.3, 0.4) is 0 Å². The topological polar surface area (TPSA) is 60.4 Å². The zero-order valence-electron chi connectivity index (χ0n) is 7.51. The van der Waals surface area contributed by atoms with Gasteiger partial charge in [0, 0.05) is 16.8 Å². The average Bonchev–Trinajstić information content (AvgIpc) is 2.17. The monoisotopic (exact) mass is 246 g/mol. The van der Waals surface area contributed by atoms with Crippen LogP contribution in [0.5, 0.6) is 5.75 Å². The fourth-order valence-electron chi connectivity index (χ4n) is 0.828. The van der Waals surface area contributed by atoms with Gasteiger partial charge in [-0.15, -0.1) is 0 Å². The van der Waals surface area contributed by atoms with Gasteiger partial charge < -0.3 is 4.74 Å². The molecule has 0 atom stereocenters. The van der Waals surface area contributed by atoms with Crippen molar-refractivity contribution in [3.05, 3.63) is 36.9 Å². The number of carbonyl (C=O) groups is 1. The van der Waals surface area contributed by atoms with Gasteiger partial charge in [-0.1, -0.05) is 6.58 Å². The maximum atomic E-state index is 10.9. The van der Waals surface area contributed by atoms with E-state index in [0.717, 1.165) is 6.08 Å². The summed E-state index contributed by atoms with van der Waals surface area (Å²) in [4.78, 5) is 10.7. The largest absolute Gasteiger partial charge is 0.423 e. The second kappa shape index (κ2) is 4.46. The Hall–Kier alpha value is -1.33. The molecule has 15 heavy (non-hydrogen) atoms. The van der Waals surface area contributed by atoms with Crippen LogP contribution < -0.4 is 4.74 Å². The lowest BCUT2D eigenvalue weighted by molar-refractivity contribution is -0.128. The SMILES string of the molecule is C=CC(=O)Oc1ccc(S(=O)(=O)Cl)cc1. The van der Waals surface area contributed by atoms with Gasteiger partial charge in [-0.05, 0) is 24.3 Å². The molecule has 1 aromatic rings. The Balaban J connectivity index is 2.91. The summed E-state index contributed by atoms with van der Waals surface area (Å²) in [7, 11) is 1.35. The van der Waals surface area contributed by atoms with Crippen molar-refractivity contribution < 1.29 is 17.9 Å². The van der Waals surface area contributed by atoms with Gasteiger partial charge in [0.1, 0.15) is 5.75 Å². The molecule has 0 heterocycles. The Morgan fingerprint density at radius 1 is 1.33 bits per heavy atom. The molecule has 0 amide bonds. The molecule has 0 fully saturated rings. The number of ether oxygens (including phenoxy) is 1. The van der Waals surface area contributed by atoms with Crippen molar-refractivity contribution in [2.75, 3.05) is 0 Å². The highest BCUT2D eigenvalue weighted by Crippen LogP contribution is 2.18. The number of rotatable bonds is 3. The van der Waals surface area contributed by atoms with E-state index in [1.54, 1.807) is 0 Å². The quantitative estimate of drug-likeness (QED) is 0.353. The molecule has 0 spiro atoms. The Kier molecular flexibility index (Phi) is 3.49. The highest BCUT2D eigenvalue weighted by atomic mass is 35.7. The first-order valence-corrected chi connectivity index (χ1v) is 6.13. The lowest BCUT2D eigenvalue weighted by Crippen LogP contribution is -2.03. The molecule has 0 saturated heterocycles. The maximum Gasteiger partial charge on any atom is 0.335 e. The molecule has 1 rings (SSSR count). The summed E-state index contributed by atoms with van der Waals surface area (Å²) < 4.78 is 26.5. The van der Waals surface area contributed by atoms with Crippen LogP contribution in [0.4, 0.5) is 0 Å². The molecule has 0 N–H and O–H groups in total. The molecule has 1 aromatic carbocycles. The fourth-order valence-corrected chi connectivity index (χ4v) is 1.60. The van der Waals surface area contributed by atoms with Crippen LogP contribution in [-0.4, -0.2) is 14.4 Å². The normalized spacial score (nSPS) is 10.7. The van der Waals surface area contributed by atoms with Gasteiger partial charge in [-0.2, -0.15) is 0 Å². The van der Waals surface area contributed by atoms with Crippen LogP contribution in [0.1, 0.15) is 0 Å². The average molecular weight is 247 g/mol. The minimum absolute atomic E-state index is 0.0532. The number of halogens is 1. The highest BCUT2D eigenvalue weighted by Gasteiger charge is 2.09. The number of hydrogen-bond donors (Lipinski definition) is 0. The molecule has 0 radical (unpaired) electrons. The Labute approximate surface area is 91.5 Å². The van der Waals surface area contributed by atoms with Gasteiger partial charge in [-0.3, -0.25) is 0 Å². The predicted octanol–water partition coefficient (Wildman–Crippen LogP) is 1.71. The first kappa shape index (κ1) is 11.7. The molecule has 80 valence electrons. The van der Waals surface area contributed by atoms with Crippen LogP contribution in [0.2, 0.25) is 0 Å². The van der Waals surface area contributed by atoms with E-state index in [0.29, 0.717) is 0 Å². The number of esters is 1. The fraction of sp³-hybridized carbons (Fsp3) is 0. The van der Waals surface area contributed by atoms with E-state index in [1.165, 1.54) is 24.3 Å². The summed E-state index contributed by atoms with van der Waals surface area (Å²) in [6.45, 7) is 3.22. The second-order valence-electron chi connectivity index (χ2n) is 2.53. The molecule has 0 bridgehead atoms. The molecule has 0 unspecified atom stereocenters. The van der Waals surface area contributed by atoms with E-state index in [9.17, 15) is 13.2 Å². The van der Waals surface area contributed by atoms with Gasteiger partial charge in [0.2, 0.25) is 0 Å². The molecule has 6 heteroatoms. The molecule has 0 aromatic heterocycles. The maximum absolute atomic E-state index is 10.9. The smallest absolute Gasteiger partial charge is 0.335 e. The lowest BCUT2D eigenvalue weighted by atomic mass is 10.3. The summed E-state index contributed by atoms with van der Waals surface area (Å²) >= 11 is 0. The van der Waals surface area contributed by atoms with E-state index >= 15 is 0 Å². The third-order valence-electron chi connectivity index (χ3n) is 1.49. The first-order valence-electron chi connectivity index (χ1n) is 3.82. The van der Waals surface area contributed by atoms with Gasteiger partial charge in [-0.25, -0.2) is 13.2 Å². The molecule has 4 nitrogen and oxygen atoms in total. The summed E-state index contributed by atoms with van der Waals surface area (Å²) in [6, 6.07) is 5.15. The predicted molar refractivity (Wildman–Crippen MR) is 55.3 cm³/mol. The highest BCUT2D eigenvalue weighted by molar-refractivity contribution is 8.13. The van der Waals surface area contributed by atoms with Crippen molar-refractivity contribution in [1.82, 2.24) is 0 Å². The van der Waals surface area contributed by atoms with Crippen molar-refractivity contribution in [3.8, 4) is 5.75 Å². The number of carbonyl (C=O) groups excluding carboxylic acids is 1. The van der Waals surface area contributed by atoms with Crippen molar-refractivity contribution in [1.29, 1.82) is 0 Å². The van der Waals surface area contributed by atoms with E-state index in [4.69, 9.17) is 15.4 Å². The lowest BCUT2D eigenvalue weighted by Gasteiger charge is -2.01. The van der Waals surface area contributed by atoms with Crippen molar-refractivity contribution in [2.24, 2.45) is 0 Å². The minimum Gasteiger partial charge on any atom is -0.423 e. The van der Waals surface area contributed by atoms with E-state index in [-0.39, 0.29) is 10.6 Å². The molecular formula is C9H7ClO4S. The third kappa shape index (κ3) is 3.38. The van der Waals surface area contributed by atoms with Gasteiger partial charge >= 0.3 is 5.97 Å². The van der Waals surface area contributed by atoms with Crippen LogP contribution in [-0.2, 0) is 13.8 Å². The Morgan fingerprint density at radius 3 is 2.27 bits per heavy atom. The van der Waals surface area contributed by atoms with E-state index in [1.807, 2.05) is 0 Å². The summed E-state index contributed by atoms with van der Waals surface area (Å²) in [5, 5.41) is 0. The first-order chi connectivity index (χ1) is 6.93. The van der Waals surface area contributed by atoms with Gasteiger partial charge in [0.15, 0.2) is 0 Å². The van der Waals surface area contributed by atoms with E-state index < -0.39 is 15.0 Å². The third-order valence-corrected chi connectivity index (χ3v) is 2.86. The second-order valence-corrected chi connectivity index (χ2v) is 5.10. The molecular weight excluding hydrogens is 240 g/mol. The standard InChI is InChI=1S/C9H7ClO4S/c1-2-9(11)14-7-3-5-8(6-4-7)15(10,12)13/h2-6H,1H2. The Bertz CT molecular complexity index is 475. The van der Waals surface area contributed by atoms with Gasteiger partial charge in [0.05, 0.1) is 4.90 Å². The number of hydrogen-bond acceptors (Lipinski definition) is 4. The van der Waals surface area contributed by atoms with Crippen LogP contribution in [0, 0.1) is 0 Å². The summed E-state index contributed by atoms with van der Waals surface area (Å²) in [6.07, 6.45) is 1.01. The van der Waals surface area contributed by atoms with Crippen LogP contribution in [0.15, 0.2) is 41.8 Å². The molecule has 0 saturated carbocycles. The zero-order valence-corrected chi connectivity index (χ0v) is 9.09. The molecule has 0 aliphatic rings. The van der Waals surface area contributed by atoms with Crippen molar-refractivity contribution >= 4 is 25.7 Å². The Morgan fingerprint density at radius 2 is 1.87 bits per heavy atom. The van der Waals surface area contributed by atoms with Gasteiger partial charge in [0.25, 0.3) is 9.05 Å². The minimum atomic E-state index is -3.74. The summed E-state index contributed by atoms with van der Waals surface area (Å²) in [5.41, 5.74) is 0. The zero-order chi connectivity index (χ0) is 11.5. The van der Waals surface area contributed by atoms with E-state index in [2.05, 4.69) is 6.58 Å². The molecule has 0 aliphatic carbocycles. The van der Waals surface area contributed by atoms with Crippen LogP contribution >= 0.6 is 10.7 Å². The van der Waals surface area contributed by atoms with Crippen molar-refractivity contribution in [3.63, 3.8) is 0 Å². The van der Waals surface area contributed by atoms with Crippen molar-refractivity contribution in [2.45, 2.75) is 4.90 Å².